The summed E-state index contributed by atoms with van der Waals surface area (Å²) in [5.41, 5.74) is 3.20. The van der Waals surface area contributed by atoms with Crippen LogP contribution in [-0.4, -0.2) is 32.3 Å². The molecule has 0 spiro atoms. The van der Waals surface area contributed by atoms with E-state index in [4.69, 9.17) is 14.2 Å². The number of anilines is 1. The van der Waals surface area contributed by atoms with Crippen LogP contribution in [0, 0.1) is 0 Å². The van der Waals surface area contributed by atoms with Crippen molar-refractivity contribution in [1.82, 2.24) is 4.98 Å². The van der Waals surface area contributed by atoms with E-state index in [1.165, 1.54) is 14.2 Å². The predicted molar refractivity (Wildman–Crippen MR) is 96.5 cm³/mol. The van der Waals surface area contributed by atoms with Crippen molar-refractivity contribution in [3.05, 3.63) is 53.7 Å². The Hall–Kier alpha value is -3.15. The third-order valence-corrected chi connectivity index (χ3v) is 4.08. The number of ether oxygens (including phenoxy) is 3. The van der Waals surface area contributed by atoms with E-state index in [9.17, 15) is 4.79 Å². The van der Waals surface area contributed by atoms with Crippen LogP contribution in [0.25, 0.3) is 10.9 Å². The Morgan fingerprint density at radius 1 is 1.08 bits per heavy atom. The summed E-state index contributed by atoms with van der Waals surface area (Å²) in [6, 6.07) is 11.4. The van der Waals surface area contributed by atoms with Crippen molar-refractivity contribution < 1.29 is 19.0 Å². The summed E-state index contributed by atoms with van der Waals surface area (Å²) < 4.78 is 15.5. The number of nitrogens with one attached hydrogen (secondary N) is 2. The molecule has 0 amide bonds. The summed E-state index contributed by atoms with van der Waals surface area (Å²) in [5.74, 6) is 0.571. The van der Waals surface area contributed by atoms with Gasteiger partial charge < -0.3 is 24.5 Å². The second-order valence-electron chi connectivity index (χ2n) is 5.45. The van der Waals surface area contributed by atoms with Crippen LogP contribution >= 0.6 is 0 Å². The maximum Gasteiger partial charge on any atom is 0.340 e. The molecule has 0 aliphatic carbocycles. The molecule has 0 atom stereocenters. The molecule has 0 radical (unpaired) electrons. The van der Waals surface area contributed by atoms with Gasteiger partial charge in [0.25, 0.3) is 0 Å². The number of fused-ring (bicyclic) bond motifs is 1. The first-order valence-corrected chi connectivity index (χ1v) is 7.81. The van der Waals surface area contributed by atoms with Crippen molar-refractivity contribution >= 4 is 22.6 Å². The number of rotatable bonds is 6. The highest BCUT2D eigenvalue weighted by atomic mass is 16.5. The van der Waals surface area contributed by atoms with E-state index in [2.05, 4.69) is 10.3 Å². The molecule has 25 heavy (non-hydrogen) atoms. The van der Waals surface area contributed by atoms with Crippen LogP contribution in [0.1, 0.15) is 15.9 Å². The minimum atomic E-state index is -0.441. The van der Waals surface area contributed by atoms with Crippen LogP contribution in [0.2, 0.25) is 0 Å². The van der Waals surface area contributed by atoms with Gasteiger partial charge in [0.15, 0.2) is 11.5 Å². The summed E-state index contributed by atoms with van der Waals surface area (Å²) in [5, 5.41) is 4.44. The van der Waals surface area contributed by atoms with Crippen LogP contribution in [-0.2, 0) is 11.3 Å². The lowest BCUT2D eigenvalue weighted by molar-refractivity contribution is 0.0601. The summed E-state index contributed by atoms with van der Waals surface area (Å²) in [6.07, 6.45) is 1.91. The SMILES string of the molecule is COC(=O)c1cc(OC)c(OC)cc1NCc1cccc2[nH]ccc12. The Labute approximate surface area is 145 Å². The van der Waals surface area contributed by atoms with Crippen LogP contribution in [0.5, 0.6) is 11.5 Å². The Morgan fingerprint density at radius 3 is 2.56 bits per heavy atom. The van der Waals surface area contributed by atoms with Gasteiger partial charge in [-0.25, -0.2) is 4.79 Å². The lowest BCUT2D eigenvalue weighted by atomic mass is 10.1. The predicted octanol–water partition coefficient (Wildman–Crippen LogP) is 3.58. The third kappa shape index (κ3) is 3.24. The topological polar surface area (TPSA) is 72.6 Å². The average Bonchev–Trinajstić information content (AvgIpc) is 3.14. The number of hydrogen-bond donors (Lipinski definition) is 2. The minimum absolute atomic E-state index is 0.390. The third-order valence-electron chi connectivity index (χ3n) is 4.08. The number of aromatic nitrogens is 1. The van der Waals surface area contributed by atoms with Crippen molar-refractivity contribution in [2.45, 2.75) is 6.54 Å². The van der Waals surface area contributed by atoms with Crippen LogP contribution in [0.15, 0.2) is 42.6 Å². The van der Waals surface area contributed by atoms with E-state index < -0.39 is 5.97 Å². The van der Waals surface area contributed by atoms with E-state index in [1.807, 2.05) is 30.5 Å². The zero-order valence-electron chi connectivity index (χ0n) is 14.4. The maximum atomic E-state index is 12.1. The fourth-order valence-corrected chi connectivity index (χ4v) is 2.80. The van der Waals surface area contributed by atoms with Gasteiger partial charge in [-0.3, -0.25) is 0 Å². The minimum Gasteiger partial charge on any atom is -0.493 e. The fraction of sp³-hybridized carbons (Fsp3) is 0.211. The Bertz CT molecular complexity index is 902. The molecule has 3 aromatic rings. The molecule has 2 aromatic carbocycles. The Morgan fingerprint density at radius 2 is 1.84 bits per heavy atom. The van der Waals surface area contributed by atoms with E-state index in [-0.39, 0.29) is 0 Å². The van der Waals surface area contributed by atoms with Gasteiger partial charge in [-0.15, -0.1) is 0 Å². The lowest BCUT2D eigenvalue weighted by Crippen LogP contribution is -2.09. The monoisotopic (exact) mass is 340 g/mol. The number of esters is 1. The quantitative estimate of drug-likeness (QED) is 0.671. The lowest BCUT2D eigenvalue weighted by Gasteiger charge is -2.15. The molecule has 3 rings (SSSR count). The van der Waals surface area contributed by atoms with Gasteiger partial charge in [-0.1, -0.05) is 12.1 Å². The fourth-order valence-electron chi connectivity index (χ4n) is 2.80. The summed E-state index contributed by atoms with van der Waals surface area (Å²) in [6.45, 7) is 0.550. The summed E-state index contributed by atoms with van der Waals surface area (Å²) in [4.78, 5) is 15.3. The van der Waals surface area contributed by atoms with Crippen molar-refractivity contribution in [3.63, 3.8) is 0 Å². The molecule has 0 unspecified atom stereocenters. The van der Waals surface area contributed by atoms with Crippen LogP contribution < -0.4 is 14.8 Å². The number of H-pyrrole nitrogens is 1. The molecule has 1 heterocycles. The summed E-state index contributed by atoms with van der Waals surface area (Å²) in [7, 11) is 4.43. The Balaban J connectivity index is 1.95. The average molecular weight is 340 g/mol. The van der Waals surface area contributed by atoms with Gasteiger partial charge >= 0.3 is 5.97 Å². The second-order valence-corrected chi connectivity index (χ2v) is 5.45. The normalized spacial score (nSPS) is 10.5. The number of carbonyl (C=O) groups is 1. The first kappa shape index (κ1) is 16.7. The largest absolute Gasteiger partial charge is 0.493 e. The Kier molecular flexibility index (Phi) is 4.79. The van der Waals surface area contributed by atoms with E-state index >= 15 is 0 Å². The molecule has 0 fully saturated rings. The van der Waals surface area contributed by atoms with Gasteiger partial charge in [0.1, 0.15) is 0 Å². The number of benzene rings is 2. The number of carbonyl (C=O) groups excluding carboxylic acids is 1. The molecular weight excluding hydrogens is 320 g/mol. The molecule has 0 bridgehead atoms. The molecule has 2 N–H and O–H groups in total. The van der Waals surface area contributed by atoms with E-state index in [0.717, 1.165) is 16.5 Å². The first-order chi connectivity index (χ1) is 12.2. The zero-order valence-corrected chi connectivity index (χ0v) is 14.4. The molecule has 6 heteroatoms. The molecule has 6 nitrogen and oxygen atoms in total. The number of aromatic amines is 1. The van der Waals surface area contributed by atoms with Crippen molar-refractivity contribution in [2.75, 3.05) is 26.6 Å². The molecule has 0 saturated heterocycles. The van der Waals surface area contributed by atoms with Crippen molar-refractivity contribution in [1.29, 1.82) is 0 Å². The van der Waals surface area contributed by atoms with Crippen molar-refractivity contribution in [3.8, 4) is 11.5 Å². The van der Waals surface area contributed by atoms with Gasteiger partial charge in [0.2, 0.25) is 0 Å². The van der Waals surface area contributed by atoms with Gasteiger partial charge in [-0.2, -0.15) is 0 Å². The smallest absolute Gasteiger partial charge is 0.340 e. The maximum absolute atomic E-state index is 12.1. The van der Waals surface area contributed by atoms with Crippen molar-refractivity contribution in [2.24, 2.45) is 0 Å². The number of hydrogen-bond acceptors (Lipinski definition) is 5. The summed E-state index contributed by atoms with van der Waals surface area (Å²) >= 11 is 0. The molecular formula is C19H20N2O4. The second kappa shape index (κ2) is 7.17. The number of methoxy groups -OCH3 is 3. The van der Waals surface area contributed by atoms with Gasteiger partial charge in [0.05, 0.1) is 32.6 Å². The molecule has 1 aromatic heterocycles. The molecule has 0 aliphatic heterocycles. The highest BCUT2D eigenvalue weighted by molar-refractivity contribution is 5.97. The highest BCUT2D eigenvalue weighted by Gasteiger charge is 2.17. The van der Waals surface area contributed by atoms with Gasteiger partial charge in [0, 0.05) is 35.8 Å². The van der Waals surface area contributed by atoms with E-state index in [0.29, 0.717) is 29.3 Å². The highest BCUT2D eigenvalue weighted by Crippen LogP contribution is 2.34. The molecule has 130 valence electrons. The van der Waals surface area contributed by atoms with E-state index in [1.54, 1.807) is 19.2 Å². The molecule has 0 aliphatic rings. The van der Waals surface area contributed by atoms with Crippen LogP contribution in [0.3, 0.4) is 0 Å². The van der Waals surface area contributed by atoms with Crippen LogP contribution in [0.4, 0.5) is 5.69 Å². The first-order valence-electron chi connectivity index (χ1n) is 7.81. The molecule has 0 saturated carbocycles. The standard InChI is InChI=1S/C19H20N2O4/c1-23-17-9-14(19(22)25-3)16(10-18(17)24-2)21-11-12-5-4-6-15-13(12)7-8-20-15/h4-10,20-21H,11H2,1-3H3. The zero-order chi connectivity index (χ0) is 17.8. The van der Waals surface area contributed by atoms with Gasteiger partial charge in [-0.05, 0) is 17.7 Å².